The molecule has 5 heteroatoms. The second-order valence-electron chi connectivity index (χ2n) is 5.86. The molecule has 0 amide bonds. The predicted octanol–water partition coefficient (Wildman–Crippen LogP) is 3.10. The molecule has 0 fully saturated rings. The van der Waals surface area contributed by atoms with Gasteiger partial charge in [-0.2, -0.15) is 0 Å². The van der Waals surface area contributed by atoms with Crippen molar-refractivity contribution < 1.29 is 0 Å². The molecule has 0 saturated carbocycles. The number of fused-ring (bicyclic) bond motifs is 1. The third-order valence-electron chi connectivity index (χ3n) is 3.91. The molecule has 0 unspecified atom stereocenters. The maximum absolute atomic E-state index is 11.8. The summed E-state index contributed by atoms with van der Waals surface area (Å²) < 4.78 is 0. The first kappa shape index (κ1) is 15.2. The molecule has 23 heavy (non-hydrogen) atoms. The maximum atomic E-state index is 11.8. The van der Waals surface area contributed by atoms with E-state index in [4.69, 9.17) is 0 Å². The Hall–Kier alpha value is -2.69. The van der Waals surface area contributed by atoms with E-state index < -0.39 is 0 Å². The zero-order valence-corrected chi connectivity index (χ0v) is 13.3. The lowest BCUT2D eigenvalue weighted by molar-refractivity contribution is 0.864. The first-order valence-corrected chi connectivity index (χ1v) is 7.80. The van der Waals surface area contributed by atoms with Gasteiger partial charge in [-0.25, -0.2) is 9.97 Å². The van der Waals surface area contributed by atoms with Crippen LogP contribution in [0.5, 0.6) is 0 Å². The first-order valence-electron chi connectivity index (χ1n) is 7.80. The molecule has 0 aliphatic carbocycles. The van der Waals surface area contributed by atoms with E-state index in [1.54, 1.807) is 12.3 Å². The van der Waals surface area contributed by atoms with Crippen LogP contribution in [0.3, 0.4) is 0 Å². The molecule has 0 radical (unpaired) electrons. The summed E-state index contributed by atoms with van der Waals surface area (Å²) in [6.45, 7) is 5.12. The highest BCUT2D eigenvalue weighted by Crippen LogP contribution is 2.16. The number of pyridine rings is 1. The molecular weight excluding hydrogens is 288 g/mol. The van der Waals surface area contributed by atoms with Crippen molar-refractivity contribution in [3.8, 4) is 0 Å². The summed E-state index contributed by atoms with van der Waals surface area (Å²) in [6.07, 6.45) is 3.92. The Morgan fingerprint density at radius 2 is 1.91 bits per heavy atom. The maximum Gasteiger partial charge on any atom is 0.258 e. The Bertz CT molecular complexity index is 853. The van der Waals surface area contributed by atoms with Crippen molar-refractivity contribution >= 4 is 16.7 Å². The van der Waals surface area contributed by atoms with Crippen molar-refractivity contribution in [1.29, 1.82) is 0 Å². The average Bonchev–Trinajstić information content (AvgIpc) is 2.56. The lowest BCUT2D eigenvalue weighted by Crippen LogP contribution is -2.11. The van der Waals surface area contributed by atoms with Crippen molar-refractivity contribution in [3.05, 3.63) is 64.3 Å². The Morgan fingerprint density at radius 3 is 2.65 bits per heavy atom. The van der Waals surface area contributed by atoms with Crippen LogP contribution in [0.1, 0.15) is 30.9 Å². The molecule has 0 saturated heterocycles. The fraction of sp³-hybridized carbons (Fsp3) is 0.278. The van der Waals surface area contributed by atoms with Crippen LogP contribution in [-0.2, 0) is 6.42 Å². The smallest absolute Gasteiger partial charge is 0.258 e. The zero-order chi connectivity index (χ0) is 16.2. The van der Waals surface area contributed by atoms with Gasteiger partial charge in [0.05, 0.1) is 11.7 Å². The minimum atomic E-state index is -0.148. The van der Waals surface area contributed by atoms with Crippen LogP contribution < -0.4 is 10.9 Å². The van der Waals surface area contributed by atoms with Crippen LogP contribution in [0.4, 0.5) is 5.82 Å². The standard InChI is InChI=1S/C18H20N4O/c1-12(2)14-5-3-13(4-6-14)7-9-19-17-16-15(8-10-20-17)18(23)22-11-21-16/h3-6,8,10-12H,7,9H2,1-2H3,(H,19,20)(H,21,22,23). The Balaban J connectivity index is 1.69. The molecule has 0 atom stereocenters. The fourth-order valence-corrected chi connectivity index (χ4v) is 2.52. The summed E-state index contributed by atoms with van der Waals surface area (Å²) >= 11 is 0. The van der Waals surface area contributed by atoms with Crippen LogP contribution >= 0.6 is 0 Å². The van der Waals surface area contributed by atoms with Gasteiger partial charge in [0.25, 0.3) is 5.56 Å². The molecule has 0 bridgehead atoms. The summed E-state index contributed by atoms with van der Waals surface area (Å²) in [4.78, 5) is 22.8. The fourth-order valence-electron chi connectivity index (χ4n) is 2.52. The summed E-state index contributed by atoms with van der Waals surface area (Å²) in [5.74, 6) is 1.19. The van der Waals surface area contributed by atoms with E-state index in [1.807, 2.05) is 0 Å². The molecule has 3 rings (SSSR count). The van der Waals surface area contributed by atoms with Gasteiger partial charge in [-0.05, 0) is 29.5 Å². The highest BCUT2D eigenvalue weighted by Gasteiger charge is 2.06. The monoisotopic (exact) mass is 308 g/mol. The van der Waals surface area contributed by atoms with Gasteiger partial charge in [-0.1, -0.05) is 38.1 Å². The number of hydrogen-bond donors (Lipinski definition) is 2. The normalized spacial score (nSPS) is 11.1. The van der Waals surface area contributed by atoms with Crippen molar-refractivity contribution in [2.75, 3.05) is 11.9 Å². The largest absolute Gasteiger partial charge is 0.368 e. The molecule has 5 nitrogen and oxygen atoms in total. The Labute approximate surface area is 134 Å². The first-order chi connectivity index (χ1) is 11.1. The minimum absolute atomic E-state index is 0.148. The molecular formula is C18H20N4O. The number of benzene rings is 1. The van der Waals surface area contributed by atoms with Gasteiger partial charge in [0, 0.05) is 12.7 Å². The van der Waals surface area contributed by atoms with Crippen LogP contribution in [0.15, 0.2) is 47.7 Å². The van der Waals surface area contributed by atoms with E-state index in [1.165, 1.54) is 17.5 Å². The molecule has 2 aromatic heterocycles. The molecule has 118 valence electrons. The summed E-state index contributed by atoms with van der Waals surface area (Å²) in [5, 5.41) is 3.82. The quantitative estimate of drug-likeness (QED) is 0.760. The molecule has 0 spiro atoms. The van der Waals surface area contributed by atoms with Crippen LogP contribution in [0, 0.1) is 0 Å². The lowest BCUT2D eigenvalue weighted by atomic mass is 10.0. The highest BCUT2D eigenvalue weighted by molar-refractivity contribution is 5.86. The third-order valence-corrected chi connectivity index (χ3v) is 3.91. The molecule has 0 aliphatic heterocycles. The van der Waals surface area contributed by atoms with E-state index >= 15 is 0 Å². The number of anilines is 1. The van der Waals surface area contributed by atoms with E-state index in [0.29, 0.717) is 22.6 Å². The topological polar surface area (TPSA) is 70.7 Å². The number of nitrogens with zero attached hydrogens (tertiary/aromatic N) is 2. The van der Waals surface area contributed by atoms with Crippen molar-refractivity contribution in [2.45, 2.75) is 26.2 Å². The number of H-pyrrole nitrogens is 1. The molecule has 2 N–H and O–H groups in total. The van der Waals surface area contributed by atoms with Gasteiger partial charge >= 0.3 is 0 Å². The summed E-state index contributed by atoms with van der Waals surface area (Å²) in [7, 11) is 0. The van der Waals surface area contributed by atoms with Gasteiger partial charge in [0.1, 0.15) is 5.52 Å². The molecule has 3 aromatic rings. The van der Waals surface area contributed by atoms with Gasteiger partial charge in [0.2, 0.25) is 0 Å². The number of rotatable bonds is 5. The number of aromatic amines is 1. The predicted molar refractivity (Wildman–Crippen MR) is 92.9 cm³/mol. The number of aromatic nitrogens is 3. The van der Waals surface area contributed by atoms with Gasteiger partial charge < -0.3 is 10.3 Å². The van der Waals surface area contributed by atoms with Crippen LogP contribution in [0.2, 0.25) is 0 Å². The van der Waals surface area contributed by atoms with E-state index in [0.717, 1.165) is 13.0 Å². The lowest BCUT2D eigenvalue weighted by Gasteiger charge is -2.09. The van der Waals surface area contributed by atoms with E-state index in [-0.39, 0.29) is 5.56 Å². The van der Waals surface area contributed by atoms with Crippen molar-refractivity contribution in [1.82, 2.24) is 15.0 Å². The van der Waals surface area contributed by atoms with Gasteiger partial charge in [-0.3, -0.25) is 4.79 Å². The summed E-state index contributed by atoms with van der Waals surface area (Å²) in [5.41, 5.74) is 3.07. The van der Waals surface area contributed by atoms with Gasteiger partial charge in [-0.15, -0.1) is 0 Å². The molecule has 2 heterocycles. The van der Waals surface area contributed by atoms with E-state index in [9.17, 15) is 4.79 Å². The number of hydrogen-bond acceptors (Lipinski definition) is 4. The second-order valence-corrected chi connectivity index (χ2v) is 5.86. The molecule has 0 aliphatic rings. The van der Waals surface area contributed by atoms with Crippen molar-refractivity contribution in [2.24, 2.45) is 0 Å². The Kier molecular flexibility index (Phi) is 4.37. The highest BCUT2D eigenvalue weighted by atomic mass is 16.1. The SMILES string of the molecule is CC(C)c1ccc(CCNc2nccc3c(=O)[nH]cnc23)cc1. The van der Waals surface area contributed by atoms with E-state index in [2.05, 4.69) is 58.4 Å². The third kappa shape index (κ3) is 3.39. The minimum Gasteiger partial charge on any atom is -0.368 e. The molecule has 1 aromatic carbocycles. The van der Waals surface area contributed by atoms with Gasteiger partial charge in [0.15, 0.2) is 5.82 Å². The Morgan fingerprint density at radius 1 is 1.13 bits per heavy atom. The average molecular weight is 308 g/mol. The van der Waals surface area contributed by atoms with Crippen LogP contribution in [0.25, 0.3) is 10.9 Å². The second kappa shape index (κ2) is 6.60. The summed E-state index contributed by atoms with van der Waals surface area (Å²) in [6, 6.07) is 10.4. The number of nitrogens with one attached hydrogen (secondary N) is 2. The van der Waals surface area contributed by atoms with Crippen molar-refractivity contribution in [3.63, 3.8) is 0 Å². The van der Waals surface area contributed by atoms with Crippen LogP contribution in [-0.4, -0.2) is 21.5 Å². The zero-order valence-electron chi connectivity index (χ0n) is 13.3.